The highest BCUT2D eigenvalue weighted by Crippen LogP contribution is 2.24. The molecule has 0 heterocycles. The summed E-state index contributed by atoms with van der Waals surface area (Å²) in [6.07, 6.45) is 1.52. The van der Waals surface area contributed by atoms with Crippen LogP contribution < -0.4 is 0 Å². The van der Waals surface area contributed by atoms with Gasteiger partial charge in [0.2, 0.25) is 5.78 Å². The first-order valence-corrected chi connectivity index (χ1v) is 8.77. The fourth-order valence-corrected chi connectivity index (χ4v) is 3.51. The van der Waals surface area contributed by atoms with E-state index in [1.807, 2.05) is 0 Å². The maximum absolute atomic E-state index is 12.6. The largest absolute Gasteiger partial charge is 0.374 e. The molecular formula is C18H16N2O3S. The summed E-state index contributed by atoms with van der Waals surface area (Å²) in [6, 6.07) is 14.9. The van der Waals surface area contributed by atoms with E-state index in [1.54, 1.807) is 61.5 Å². The van der Waals surface area contributed by atoms with Crippen LogP contribution in [0.25, 0.3) is 0 Å². The SMILES string of the molecule is CN(C)C1=CC(=NS(=O)(=O)c2ccccc2)c2ccccc2C1=O. The van der Waals surface area contributed by atoms with Gasteiger partial charge in [-0.1, -0.05) is 42.5 Å². The van der Waals surface area contributed by atoms with E-state index in [4.69, 9.17) is 0 Å². The summed E-state index contributed by atoms with van der Waals surface area (Å²) >= 11 is 0. The third kappa shape index (κ3) is 2.88. The molecule has 0 aliphatic heterocycles. The zero-order chi connectivity index (χ0) is 17.3. The second-order valence-corrected chi connectivity index (χ2v) is 7.17. The maximum Gasteiger partial charge on any atom is 0.282 e. The number of hydrogen-bond acceptors (Lipinski definition) is 4. The van der Waals surface area contributed by atoms with Crippen molar-refractivity contribution in [2.24, 2.45) is 4.40 Å². The standard InChI is InChI=1S/C18H16N2O3S/c1-20(2)17-12-16(14-10-6-7-11-15(14)18(17)21)19-24(22,23)13-8-4-3-5-9-13/h3-12H,1-2H3. The highest BCUT2D eigenvalue weighted by atomic mass is 32.2. The van der Waals surface area contributed by atoms with Gasteiger partial charge in [-0.25, -0.2) is 0 Å². The predicted octanol–water partition coefficient (Wildman–Crippen LogP) is 2.51. The molecule has 0 unspecified atom stereocenters. The predicted molar refractivity (Wildman–Crippen MR) is 92.7 cm³/mol. The van der Waals surface area contributed by atoms with Crippen LogP contribution in [0.1, 0.15) is 15.9 Å². The van der Waals surface area contributed by atoms with Crippen molar-refractivity contribution in [1.82, 2.24) is 4.90 Å². The highest BCUT2D eigenvalue weighted by molar-refractivity contribution is 7.90. The maximum atomic E-state index is 12.6. The monoisotopic (exact) mass is 340 g/mol. The van der Waals surface area contributed by atoms with Gasteiger partial charge < -0.3 is 4.90 Å². The number of Topliss-reactive ketones (excluding diaryl/α,β-unsaturated/α-hetero) is 1. The van der Waals surface area contributed by atoms with E-state index in [0.29, 0.717) is 16.8 Å². The van der Waals surface area contributed by atoms with Crippen LogP contribution in [0.4, 0.5) is 0 Å². The van der Waals surface area contributed by atoms with E-state index < -0.39 is 10.0 Å². The van der Waals surface area contributed by atoms with Crippen LogP contribution in [0.3, 0.4) is 0 Å². The van der Waals surface area contributed by atoms with Crippen molar-refractivity contribution in [3.63, 3.8) is 0 Å². The average Bonchev–Trinajstić information content (AvgIpc) is 2.58. The molecule has 0 spiro atoms. The Morgan fingerprint density at radius 2 is 1.46 bits per heavy atom. The molecule has 0 radical (unpaired) electrons. The van der Waals surface area contributed by atoms with Gasteiger partial charge in [0, 0.05) is 25.2 Å². The summed E-state index contributed by atoms with van der Waals surface area (Å²) in [5, 5.41) is 0. The summed E-state index contributed by atoms with van der Waals surface area (Å²) in [5.74, 6) is -0.147. The van der Waals surface area contributed by atoms with Crippen LogP contribution in [-0.2, 0) is 10.0 Å². The summed E-state index contributed by atoms with van der Waals surface area (Å²) in [7, 11) is -0.381. The Morgan fingerprint density at radius 1 is 0.875 bits per heavy atom. The molecule has 122 valence electrons. The van der Waals surface area contributed by atoms with E-state index in [1.165, 1.54) is 18.2 Å². The minimum Gasteiger partial charge on any atom is -0.374 e. The highest BCUT2D eigenvalue weighted by Gasteiger charge is 2.26. The number of ketones is 1. The molecule has 0 saturated carbocycles. The van der Waals surface area contributed by atoms with Crippen LogP contribution in [-0.4, -0.2) is 38.9 Å². The number of fused-ring (bicyclic) bond motifs is 1. The first kappa shape index (κ1) is 16.1. The Labute approximate surface area is 141 Å². The van der Waals surface area contributed by atoms with Crippen LogP contribution in [0.5, 0.6) is 0 Å². The first-order chi connectivity index (χ1) is 11.4. The second-order valence-electron chi connectivity index (χ2n) is 5.56. The molecule has 0 amide bonds. The Balaban J connectivity index is 2.20. The van der Waals surface area contributed by atoms with Crippen molar-refractivity contribution >= 4 is 21.5 Å². The molecule has 0 N–H and O–H groups in total. The van der Waals surface area contributed by atoms with Crippen molar-refractivity contribution in [2.45, 2.75) is 4.90 Å². The summed E-state index contributed by atoms with van der Waals surface area (Å²) in [5.41, 5.74) is 1.63. The molecular weight excluding hydrogens is 324 g/mol. The van der Waals surface area contributed by atoms with Gasteiger partial charge in [0.15, 0.2) is 0 Å². The third-order valence-corrected chi connectivity index (χ3v) is 5.00. The van der Waals surface area contributed by atoms with E-state index in [9.17, 15) is 13.2 Å². The van der Waals surface area contributed by atoms with Crippen molar-refractivity contribution in [3.05, 3.63) is 77.5 Å². The van der Waals surface area contributed by atoms with Gasteiger partial charge in [-0.2, -0.15) is 12.8 Å². The van der Waals surface area contributed by atoms with Crippen molar-refractivity contribution in [1.29, 1.82) is 0 Å². The van der Waals surface area contributed by atoms with Gasteiger partial charge in [0.25, 0.3) is 10.0 Å². The first-order valence-electron chi connectivity index (χ1n) is 7.33. The summed E-state index contributed by atoms with van der Waals surface area (Å²) < 4.78 is 29.1. The number of hydrogen-bond donors (Lipinski definition) is 0. The average molecular weight is 340 g/mol. The van der Waals surface area contributed by atoms with Gasteiger partial charge in [-0.15, -0.1) is 0 Å². The molecule has 0 saturated heterocycles. The van der Waals surface area contributed by atoms with Gasteiger partial charge in [-0.05, 0) is 18.2 Å². The normalized spacial score (nSPS) is 15.8. The number of benzene rings is 2. The molecule has 0 atom stereocenters. The molecule has 0 bridgehead atoms. The van der Waals surface area contributed by atoms with Gasteiger partial charge in [0.05, 0.1) is 16.3 Å². The molecule has 2 aromatic carbocycles. The molecule has 0 fully saturated rings. The topological polar surface area (TPSA) is 66.8 Å². The van der Waals surface area contributed by atoms with E-state index in [-0.39, 0.29) is 16.4 Å². The molecule has 3 rings (SSSR count). The smallest absolute Gasteiger partial charge is 0.282 e. The molecule has 0 aromatic heterocycles. The number of nitrogens with zero attached hydrogens (tertiary/aromatic N) is 2. The molecule has 5 nitrogen and oxygen atoms in total. The van der Waals surface area contributed by atoms with Crippen LogP contribution in [0.2, 0.25) is 0 Å². The zero-order valence-electron chi connectivity index (χ0n) is 13.3. The van der Waals surface area contributed by atoms with Crippen molar-refractivity contribution in [3.8, 4) is 0 Å². The number of carbonyl (C=O) groups is 1. The molecule has 6 heteroatoms. The number of rotatable bonds is 3. The molecule has 24 heavy (non-hydrogen) atoms. The minimum atomic E-state index is -3.86. The quantitative estimate of drug-likeness (QED) is 0.861. The lowest BCUT2D eigenvalue weighted by Gasteiger charge is -2.22. The van der Waals surface area contributed by atoms with Crippen molar-refractivity contribution in [2.75, 3.05) is 14.1 Å². The lowest BCUT2D eigenvalue weighted by atomic mass is 9.92. The fourth-order valence-electron chi connectivity index (χ4n) is 2.50. The Bertz CT molecular complexity index is 959. The van der Waals surface area contributed by atoms with Crippen LogP contribution in [0, 0.1) is 0 Å². The number of allylic oxidation sites excluding steroid dienone is 2. The second kappa shape index (κ2) is 6.05. The summed E-state index contributed by atoms with van der Waals surface area (Å²) in [4.78, 5) is 14.3. The van der Waals surface area contributed by atoms with Crippen molar-refractivity contribution < 1.29 is 13.2 Å². The van der Waals surface area contributed by atoms with E-state index in [2.05, 4.69) is 4.40 Å². The minimum absolute atomic E-state index is 0.117. The van der Waals surface area contributed by atoms with Gasteiger partial charge in [0.1, 0.15) is 0 Å². The summed E-state index contributed by atoms with van der Waals surface area (Å²) in [6.45, 7) is 0. The lowest BCUT2D eigenvalue weighted by Crippen LogP contribution is -2.26. The van der Waals surface area contributed by atoms with E-state index in [0.717, 1.165) is 0 Å². The van der Waals surface area contributed by atoms with E-state index >= 15 is 0 Å². The molecule has 2 aromatic rings. The Hall–Kier alpha value is -2.73. The van der Waals surface area contributed by atoms with Crippen LogP contribution >= 0.6 is 0 Å². The molecule has 1 aliphatic carbocycles. The molecule has 1 aliphatic rings. The Morgan fingerprint density at radius 3 is 2.08 bits per heavy atom. The fraction of sp³-hybridized carbons (Fsp3) is 0.111. The number of sulfonamides is 1. The number of carbonyl (C=O) groups excluding carboxylic acids is 1. The number of likely N-dealkylation sites (N-methyl/N-ethyl adjacent to an activating group) is 1. The zero-order valence-corrected chi connectivity index (χ0v) is 14.1. The lowest BCUT2D eigenvalue weighted by molar-refractivity contribution is 0.100. The third-order valence-electron chi connectivity index (χ3n) is 3.70. The van der Waals surface area contributed by atoms with Crippen LogP contribution in [0.15, 0.2) is 75.7 Å². The Kier molecular flexibility index (Phi) is 4.07. The van der Waals surface area contributed by atoms with Gasteiger partial charge in [-0.3, -0.25) is 4.79 Å². The van der Waals surface area contributed by atoms with Gasteiger partial charge >= 0.3 is 0 Å².